The highest BCUT2D eigenvalue weighted by atomic mass is 16.5. The fourth-order valence-electron chi connectivity index (χ4n) is 2.46. The molecule has 1 fully saturated rings. The van der Waals surface area contributed by atoms with Crippen molar-refractivity contribution in [3.05, 3.63) is 35.4 Å². The van der Waals surface area contributed by atoms with Crippen LogP contribution < -0.4 is 10.6 Å². The van der Waals surface area contributed by atoms with Crippen LogP contribution in [-0.2, 0) is 16.1 Å². The normalized spacial score (nSPS) is 17.6. The van der Waals surface area contributed by atoms with Crippen LogP contribution in [0.25, 0.3) is 0 Å². The fraction of sp³-hybridized carbons (Fsp3) is 0.556. The average molecular weight is 332 g/mol. The van der Waals surface area contributed by atoms with E-state index in [0.717, 1.165) is 31.7 Å². The van der Waals surface area contributed by atoms with Crippen LogP contribution >= 0.6 is 0 Å². The van der Waals surface area contributed by atoms with E-state index in [0.29, 0.717) is 18.4 Å². The number of likely N-dealkylation sites (N-methyl/N-ethyl adjacent to an activating group) is 1. The van der Waals surface area contributed by atoms with Gasteiger partial charge in [-0.05, 0) is 18.9 Å². The number of guanidine groups is 1. The Hall–Kier alpha value is -2.08. The summed E-state index contributed by atoms with van der Waals surface area (Å²) in [6.45, 7) is 5.29. The molecule has 1 atom stereocenters. The van der Waals surface area contributed by atoms with E-state index in [2.05, 4.69) is 40.7 Å². The number of benzene rings is 1. The first-order valence-corrected chi connectivity index (χ1v) is 8.40. The minimum Gasteiger partial charge on any atom is -0.381 e. The SMILES string of the molecule is Cc1cccc(CN=C(NCC(=O)N(C)C)NCC2CCOC2)c1. The number of amides is 1. The Labute approximate surface area is 144 Å². The highest BCUT2D eigenvalue weighted by Crippen LogP contribution is 2.10. The number of aliphatic imine (C=N–C) groups is 1. The Balaban J connectivity index is 1.94. The third-order valence-electron chi connectivity index (χ3n) is 3.99. The number of rotatable bonds is 6. The first-order chi connectivity index (χ1) is 11.5. The second kappa shape index (κ2) is 9.27. The zero-order valence-electron chi connectivity index (χ0n) is 14.8. The molecule has 0 spiro atoms. The molecule has 24 heavy (non-hydrogen) atoms. The molecule has 2 rings (SSSR count). The van der Waals surface area contributed by atoms with E-state index in [1.807, 2.05) is 6.07 Å². The molecule has 0 aromatic heterocycles. The lowest BCUT2D eigenvalue weighted by Gasteiger charge is -2.16. The van der Waals surface area contributed by atoms with Crippen molar-refractivity contribution >= 4 is 11.9 Å². The Bertz CT molecular complexity index is 566. The number of nitrogens with one attached hydrogen (secondary N) is 2. The monoisotopic (exact) mass is 332 g/mol. The first kappa shape index (κ1) is 18.3. The molecule has 0 bridgehead atoms. The fourth-order valence-corrected chi connectivity index (χ4v) is 2.46. The van der Waals surface area contributed by atoms with Gasteiger partial charge >= 0.3 is 0 Å². The molecule has 2 N–H and O–H groups in total. The molecule has 1 aromatic rings. The number of nitrogens with zero attached hydrogens (tertiary/aromatic N) is 2. The van der Waals surface area contributed by atoms with E-state index in [9.17, 15) is 4.79 Å². The second-order valence-electron chi connectivity index (χ2n) is 6.41. The van der Waals surface area contributed by atoms with Crippen molar-refractivity contribution in [2.45, 2.75) is 19.9 Å². The van der Waals surface area contributed by atoms with Gasteiger partial charge in [0.2, 0.25) is 5.91 Å². The van der Waals surface area contributed by atoms with Crippen LogP contribution in [0.3, 0.4) is 0 Å². The van der Waals surface area contributed by atoms with Gasteiger partial charge in [0.05, 0.1) is 19.7 Å². The molecule has 132 valence electrons. The maximum absolute atomic E-state index is 11.8. The molecular formula is C18H28N4O2. The molecule has 0 radical (unpaired) electrons. The van der Waals surface area contributed by atoms with Crippen LogP contribution in [0.2, 0.25) is 0 Å². The van der Waals surface area contributed by atoms with E-state index in [1.165, 1.54) is 5.56 Å². The van der Waals surface area contributed by atoms with Crippen molar-refractivity contribution in [3.8, 4) is 0 Å². The number of hydrogen-bond acceptors (Lipinski definition) is 3. The Morgan fingerprint density at radius 3 is 2.88 bits per heavy atom. The molecule has 6 heteroatoms. The summed E-state index contributed by atoms with van der Waals surface area (Å²) < 4.78 is 5.40. The van der Waals surface area contributed by atoms with E-state index in [4.69, 9.17) is 4.74 Å². The number of ether oxygens (including phenoxy) is 1. The van der Waals surface area contributed by atoms with Crippen molar-refractivity contribution in [2.24, 2.45) is 10.9 Å². The average Bonchev–Trinajstić information content (AvgIpc) is 3.07. The molecule has 0 aliphatic carbocycles. The number of carbonyl (C=O) groups excluding carboxylic acids is 1. The topological polar surface area (TPSA) is 66.0 Å². The van der Waals surface area contributed by atoms with Gasteiger partial charge in [0, 0.05) is 33.2 Å². The maximum atomic E-state index is 11.8. The van der Waals surface area contributed by atoms with Gasteiger partial charge in [0.15, 0.2) is 5.96 Å². The van der Waals surface area contributed by atoms with E-state index in [-0.39, 0.29) is 12.5 Å². The largest absolute Gasteiger partial charge is 0.381 e. The van der Waals surface area contributed by atoms with Gasteiger partial charge in [0.1, 0.15) is 0 Å². The van der Waals surface area contributed by atoms with Crippen LogP contribution in [0.15, 0.2) is 29.3 Å². The molecular weight excluding hydrogens is 304 g/mol. The van der Waals surface area contributed by atoms with Crippen LogP contribution in [0, 0.1) is 12.8 Å². The predicted molar refractivity (Wildman–Crippen MR) is 95.9 cm³/mol. The van der Waals surface area contributed by atoms with Crippen molar-refractivity contribution in [3.63, 3.8) is 0 Å². The summed E-state index contributed by atoms with van der Waals surface area (Å²) in [7, 11) is 3.49. The first-order valence-electron chi connectivity index (χ1n) is 8.40. The van der Waals surface area contributed by atoms with Gasteiger partial charge in [0.25, 0.3) is 0 Å². The minimum atomic E-state index is 0.0178. The molecule has 0 saturated carbocycles. The van der Waals surface area contributed by atoms with Crippen molar-refractivity contribution in [1.29, 1.82) is 0 Å². The molecule has 1 saturated heterocycles. The van der Waals surface area contributed by atoms with Crippen molar-refractivity contribution < 1.29 is 9.53 Å². The van der Waals surface area contributed by atoms with E-state index < -0.39 is 0 Å². The van der Waals surface area contributed by atoms with Gasteiger partial charge in [-0.1, -0.05) is 29.8 Å². The summed E-state index contributed by atoms with van der Waals surface area (Å²) in [5, 5.41) is 6.45. The Morgan fingerprint density at radius 2 is 2.21 bits per heavy atom. The molecule has 1 amide bonds. The summed E-state index contributed by atoms with van der Waals surface area (Å²) in [4.78, 5) is 18.0. The van der Waals surface area contributed by atoms with Crippen LogP contribution in [0.1, 0.15) is 17.5 Å². The lowest BCUT2D eigenvalue weighted by molar-refractivity contribution is -0.127. The zero-order valence-corrected chi connectivity index (χ0v) is 14.8. The third-order valence-corrected chi connectivity index (χ3v) is 3.99. The summed E-state index contributed by atoms with van der Waals surface area (Å²) in [6, 6.07) is 8.29. The summed E-state index contributed by atoms with van der Waals surface area (Å²) in [6.07, 6.45) is 1.06. The van der Waals surface area contributed by atoms with Gasteiger partial charge in [-0.2, -0.15) is 0 Å². The lowest BCUT2D eigenvalue weighted by Crippen LogP contribution is -2.44. The second-order valence-corrected chi connectivity index (χ2v) is 6.41. The van der Waals surface area contributed by atoms with Gasteiger partial charge in [-0.15, -0.1) is 0 Å². The summed E-state index contributed by atoms with van der Waals surface area (Å²) in [5.41, 5.74) is 2.37. The van der Waals surface area contributed by atoms with Crippen LogP contribution in [-0.4, -0.2) is 57.2 Å². The Kier molecular flexibility index (Phi) is 7.06. The summed E-state index contributed by atoms with van der Waals surface area (Å²) in [5.74, 6) is 1.18. The van der Waals surface area contributed by atoms with E-state index in [1.54, 1.807) is 19.0 Å². The number of hydrogen-bond donors (Lipinski definition) is 2. The minimum absolute atomic E-state index is 0.0178. The number of carbonyl (C=O) groups is 1. The Morgan fingerprint density at radius 1 is 1.38 bits per heavy atom. The number of aryl methyl sites for hydroxylation is 1. The molecule has 1 heterocycles. The van der Waals surface area contributed by atoms with Crippen molar-refractivity contribution in [2.75, 3.05) is 40.4 Å². The lowest BCUT2D eigenvalue weighted by atomic mass is 10.1. The highest BCUT2D eigenvalue weighted by molar-refractivity contribution is 5.86. The quantitative estimate of drug-likeness (QED) is 0.606. The third kappa shape index (κ3) is 6.20. The molecule has 6 nitrogen and oxygen atoms in total. The van der Waals surface area contributed by atoms with Gasteiger partial charge < -0.3 is 20.3 Å². The predicted octanol–water partition coefficient (Wildman–Crippen LogP) is 1.15. The van der Waals surface area contributed by atoms with Crippen LogP contribution in [0.4, 0.5) is 0 Å². The molecule has 1 unspecified atom stereocenters. The van der Waals surface area contributed by atoms with Gasteiger partial charge in [-0.25, -0.2) is 4.99 Å². The zero-order chi connectivity index (χ0) is 17.4. The smallest absolute Gasteiger partial charge is 0.241 e. The van der Waals surface area contributed by atoms with Gasteiger partial charge in [-0.3, -0.25) is 4.79 Å². The standard InChI is InChI=1S/C18H28N4O2/c1-14-5-4-6-15(9-14)10-19-18(21-12-17(23)22(2)3)20-11-16-7-8-24-13-16/h4-6,9,16H,7-8,10-13H2,1-3H3,(H2,19,20,21). The molecule has 1 aliphatic heterocycles. The van der Waals surface area contributed by atoms with Crippen LogP contribution in [0.5, 0.6) is 0 Å². The maximum Gasteiger partial charge on any atom is 0.241 e. The molecule has 1 aromatic carbocycles. The highest BCUT2D eigenvalue weighted by Gasteiger charge is 2.16. The summed E-state index contributed by atoms with van der Waals surface area (Å²) >= 11 is 0. The molecule has 1 aliphatic rings. The van der Waals surface area contributed by atoms with E-state index >= 15 is 0 Å². The van der Waals surface area contributed by atoms with Crippen molar-refractivity contribution in [1.82, 2.24) is 15.5 Å².